The number of methoxy groups -OCH3 is 1. The lowest BCUT2D eigenvalue weighted by atomic mass is 10.0. The molecule has 1 N–H and O–H groups in total. The van der Waals surface area contributed by atoms with Crippen LogP contribution in [-0.2, 0) is 6.18 Å². The Bertz CT molecular complexity index is 805. The molecule has 3 rings (SSSR count). The molecule has 1 aromatic heterocycles. The summed E-state index contributed by atoms with van der Waals surface area (Å²) in [4.78, 5) is 21.4. The van der Waals surface area contributed by atoms with E-state index in [0.29, 0.717) is 37.2 Å². The summed E-state index contributed by atoms with van der Waals surface area (Å²) in [6.45, 7) is 0.995. The maximum Gasteiger partial charge on any atom is 0.433 e. The largest absolute Gasteiger partial charge is 0.497 e. The number of hydrogen-bond donors (Lipinski definition) is 1. The average Bonchev–Trinajstić information content (AvgIpc) is 2.68. The number of carbonyl (C=O) groups excluding carboxylic acids is 1. The first-order chi connectivity index (χ1) is 12.9. The summed E-state index contributed by atoms with van der Waals surface area (Å²) < 4.78 is 43.5. The number of ether oxygens (including phenoxy) is 1. The van der Waals surface area contributed by atoms with Gasteiger partial charge in [-0.2, -0.15) is 13.2 Å². The number of benzene rings is 1. The van der Waals surface area contributed by atoms with E-state index in [-0.39, 0.29) is 17.8 Å². The number of halogens is 3. The standard InChI is InChI=1S/C18H19F3N4O2/c1-27-14-4-2-3-12(9-14)17(26)24-13-5-7-25(8-6-13)16-10-15(18(19,20)21)22-11-23-16/h2-4,9-11,13H,5-8H2,1H3,(H,24,26). The summed E-state index contributed by atoms with van der Waals surface area (Å²) in [5.74, 6) is 0.644. The van der Waals surface area contributed by atoms with Gasteiger partial charge in [-0.3, -0.25) is 4.79 Å². The Morgan fingerprint density at radius 1 is 1.22 bits per heavy atom. The number of hydrogen-bond acceptors (Lipinski definition) is 5. The van der Waals surface area contributed by atoms with E-state index in [2.05, 4.69) is 15.3 Å². The maximum atomic E-state index is 12.8. The van der Waals surface area contributed by atoms with Gasteiger partial charge in [0.05, 0.1) is 7.11 Å². The molecule has 144 valence electrons. The predicted molar refractivity (Wildman–Crippen MR) is 92.7 cm³/mol. The Kier molecular flexibility index (Phi) is 5.48. The van der Waals surface area contributed by atoms with Crippen molar-refractivity contribution in [3.8, 4) is 5.75 Å². The summed E-state index contributed by atoms with van der Waals surface area (Å²) >= 11 is 0. The van der Waals surface area contributed by atoms with Gasteiger partial charge < -0.3 is 15.0 Å². The maximum absolute atomic E-state index is 12.8. The van der Waals surface area contributed by atoms with Gasteiger partial charge in [0.2, 0.25) is 0 Å². The Morgan fingerprint density at radius 2 is 1.96 bits per heavy atom. The SMILES string of the molecule is COc1cccc(C(=O)NC2CCN(c3cc(C(F)(F)F)ncn3)CC2)c1. The third-order valence-electron chi connectivity index (χ3n) is 4.43. The fourth-order valence-corrected chi connectivity index (χ4v) is 2.96. The highest BCUT2D eigenvalue weighted by atomic mass is 19.4. The normalized spacial score (nSPS) is 15.5. The van der Waals surface area contributed by atoms with Crippen molar-refractivity contribution in [2.24, 2.45) is 0 Å². The van der Waals surface area contributed by atoms with Gasteiger partial charge in [-0.15, -0.1) is 0 Å². The lowest BCUT2D eigenvalue weighted by Gasteiger charge is -2.33. The number of piperidine rings is 1. The van der Waals surface area contributed by atoms with E-state index in [9.17, 15) is 18.0 Å². The first-order valence-corrected chi connectivity index (χ1v) is 8.46. The molecule has 1 aliphatic heterocycles. The number of nitrogens with zero attached hydrogens (tertiary/aromatic N) is 3. The fourth-order valence-electron chi connectivity index (χ4n) is 2.96. The van der Waals surface area contributed by atoms with Crippen molar-refractivity contribution >= 4 is 11.7 Å². The molecule has 0 unspecified atom stereocenters. The van der Waals surface area contributed by atoms with Crippen LogP contribution in [0.3, 0.4) is 0 Å². The molecule has 1 amide bonds. The molecule has 0 saturated carbocycles. The van der Waals surface area contributed by atoms with E-state index in [4.69, 9.17) is 4.74 Å². The quantitative estimate of drug-likeness (QED) is 0.884. The number of anilines is 1. The topological polar surface area (TPSA) is 67.3 Å². The van der Waals surface area contributed by atoms with E-state index in [0.717, 1.165) is 12.4 Å². The predicted octanol–water partition coefficient (Wildman–Crippen LogP) is 2.90. The zero-order valence-electron chi connectivity index (χ0n) is 14.7. The van der Waals surface area contributed by atoms with Gasteiger partial charge in [0.1, 0.15) is 23.6 Å². The van der Waals surface area contributed by atoms with E-state index in [1.165, 1.54) is 7.11 Å². The van der Waals surface area contributed by atoms with Gasteiger partial charge >= 0.3 is 6.18 Å². The fraction of sp³-hybridized carbons (Fsp3) is 0.389. The summed E-state index contributed by atoms with van der Waals surface area (Å²) in [5, 5.41) is 2.96. The Hall–Kier alpha value is -2.84. The number of carbonyl (C=O) groups is 1. The van der Waals surface area contributed by atoms with Crippen LogP contribution in [0.25, 0.3) is 0 Å². The minimum Gasteiger partial charge on any atom is -0.497 e. The van der Waals surface area contributed by atoms with Gasteiger partial charge in [-0.05, 0) is 31.0 Å². The summed E-state index contributed by atoms with van der Waals surface area (Å²) in [6.07, 6.45) is -2.35. The van der Waals surface area contributed by atoms with Gasteiger partial charge in [-0.25, -0.2) is 9.97 Å². The summed E-state index contributed by atoms with van der Waals surface area (Å²) in [6, 6.07) is 7.76. The molecule has 0 radical (unpaired) electrons. The van der Waals surface area contributed by atoms with E-state index in [1.807, 2.05) is 0 Å². The molecule has 9 heteroatoms. The van der Waals surface area contributed by atoms with E-state index in [1.54, 1.807) is 29.2 Å². The van der Waals surface area contributed by atoms with Crippen LogP contribution >= 0.6 is 0 Å². The summed E-state index contributed by atoms with van der Waals surface area (Å²) in [7, 11) is 1.53. The van der Waals surface area contributed by atoms with Crippen molar-refractivity contribution < 1.29 is 22.7 Å². The first-order valence-electron chi connectivity index (χ1n) is 8.46. The molecule has 0 atom stereocenters. The zero-order valence-corrected chi connectivity index (χ0v) is 14.7. The molecular weight excluding hydrogens is 361 g/mol. The van der Waals surface area contributed by atoms with Crippen LogP contribution in [0.1, 0.15) is 28.9 Å². The lowest BCUT2D eigenvalue weighted by molar-refractivity contribution is -0.141. The Morgan fingerprint density at radius 3 is 2.63 bits per heavy atom. The smallest absolute Gasteiger partial charge is 0.433 e. The van der Waals surface area contributed by atoms with Gasteiger partial charge in [-0.1, -0.05) is 6.07 Å². The number of rotatable bonds is 4. The summed E-state index contributed by atoms with van der Waals surface area (Å²) in [5.41, 5.74) is -0.455. The molecule has 2 heterocycles. The van der Waals surface area contributed by atoms with E-state index >= 15 is 0 Å². The molecule has 0 aliphatic carbocycles. The zero-order chi connectivity index (χ0) is 19.4. The highest BCUT2D eigenvalue weighted by Gasteiger charge is 2.33. The molecule has 1 aromatic carbocycles. The molecule has 2 aromatic rings. The molecule has 0 bridgehead atoms. The van der Waals surface area contributed by atoms with Crippen molar-refractivity contribution in [1.82, 2.24) is 15.3 Å². The van der Waals surface area contributed by atoms with Crippen molar-refractivity contribution in [1.29, 1.82) is 0 Å². The molecule has 6 nitrogen and oxygen atoms in total. The van der Waals surface area contributed by atoms with Crippen LogP contribution in [0.4, 0.5) is 19.0 Å². The molecule has 0 spiro atoms. The van der Waals surface area contributed by atoms with Crippen molar-refractivity contribution in [2.45, 2.75) is 25.1 Å². The van der Waals surface area contributed by atoms with Crippen molar-refractivity contribution in [3.05, 3.63) is 47.9 Å². The molecule has 1 aliphatic rings. The van der Waals surface area contributed by atoms with Crippen LogP contribution in [0.15, 0.2) is 36.7 Å². The monoisotopic (exact) mass is 380 g/mol. The van der Waals surface area contributed by atoms with Crippen LogP contribution < -0.4 is 15.0 Å². The number of aromatic nitrogens is 2. The Balaban J connectivity index is 1.58. The van der Waals surface area contributed by atoms with Crippen LogP contribution in [0, 0.1) is 0 Å². The first kappa shape index (κ1) is 18.9. The van der Waals surface area contributed by atoms with Crippen molar-refractivity contribution in [2.75, 3.05) is 25.1 Å². The lowest BCUT2D eigenvalue weighted by Crippen LogP contribution is -2.45. The van der Waals surface area contributed by atoms with Gasteiger partial charge in [0, 0.05) is 30.8 Å². The highest BCUT2D eigenvalue weighted by molar-refractivity contribution is 5.94. The molecule has 1 fully saturated rings. The van der Waals surface area contributed by atoms with Crippen molar-refractivity contribution in [3.63, 3.8) is 0 Å². The average molecular weight is 380 g/mol. The van der Waals surface area contributed by atoms with Gasteiger partial charge in [0.15, 0.2) is 0 Å². The second-order valence-electron chi connectivity index (χ2n) is 6.23. The second-order valence-corrected chi connectivity index (χ2v) is 6.23. The number of nitrogens with one attached hydrogen (secondary N) is 1. The van der Waals surface area contributed by atoms with Crippen LogP contribution in [-0.4, -0.2) is 42.1 Å². The third-order valence-corrected chi connectivity index (χ3v) is 4.43. The molecular formula is C18H19F3N4O2. The second kappa shape index (κ2) is 7.81. The van der Waals surface area contributed by atoms with E-state index < -0.39 is 11.9 Å². The molecule has 27 heavy (non-hydrogen) atoms. The third kappa shape index (κ3) is 4.66. The minimum atomic E-state index is -4.50. The van der Waals surface area contributed by atoms with Crippen LogP contribution in [0.5, 0.6) is 5.75 Å². The Labute approximate surface area is 154 Å². The number of alkyl halides is 3. The van der Waals surface area contributed by atoms with Crippen LogP contribution in [0.2, 0.25) is 0 Å². The van der Waals surface area contributed by atoms with Gasteiger partial charge in [0.25, 0.3) is 5.91 Å². The number of amides is 1. The molecule has 1 saturated heterocycles. The highest BCUT2D eigenvalue weighted by Crippen LogP contribution is 2.29. The minimum absolute atomic E-state index is 0.0520.